The number of fused-ring (bicyclic) bond motifs is 1. The minimum absolute atomic E-state index is 0.109. The molecule has 0 aliphatic carbocycles. The number of hydrogen-bond donors (Lipinski definition) is 2. The zero-order valence-electron chi connectivity index (χ0n) is 20.4. The Kier molecular flexibility index (Phi) is 6.59. The lowest BCUT2D eigenvalue weighted by Crippen LogP contribution is -2.57. The highest BCUT2D eigenvalue weighted by Crippen LogP contribution is 2.37. The Morgan fingerprint density at radius 1 is 1.12 bits per heavy atom. The summed E-state index contributed by atoms with van der Waals surface area (Å²) in [4.78, 5) is 26.9. The molecule has 2 aromatic carbocycles. The van der Waals surface area contributed by atoms with Crippen molar-refractivity contribution in [1.29, 1.82) is 0 Å². The van der Waals surface area contributed by atoms with Crippen LogP contribution in [-0.4, -0.2) is 54.8 Å². The Bertz CT molecular complexity index is 1070. The van der Waals surface area contributed by atoms with Crippen molar-refractivity contribution in [1.82, 2.24) is 10.2 Å². The maximum absolute atomic E-state index is 13.1. The fraction of sp³-hybridized carbons (Fsp3) is 0.462. The van der Waals surface area contributed by atoms with Crippen molar-refractivity contribution in [2.75, 3.05) is 31.6 Å². The van der Waals surface area contributed by atoms with E-state index in [1.54, 1.807) is 4.90 Å². The van der Waals surface area contributed by atoms with Gasteiger partial charge in [-0.1, -0.05) is 18.2 Å². The summed E-state index contributed by atoms with van der Waals surface area (Å²) >= 11 is 0. The maximum Gasteiger partial charge on any atom is 0.410 e. The molecule has 2 heterocycles. The lowest BCUT2D eigenvalue weighted by atomic mass is 10.0. The number of rotatable bonds is 5. The molecule has 182 valence electrons. The van der Waals surface area contributed by atoms with E-state index in [4.69, 9.17) is 14.2 Å². The first-order chi connectivity index (χ1) is 16.1. The first-order valence-electron chi connectivity index (χ1n) is 11.7. The highest BCUT2D eigenvalue weighted by molar-refractivity contribution is 5.97. The molecule has 1 saturated heterocycles. The molecule has 0 aromatic heterocycles. The summed E-state index contributed by atoms with van der Waals surface area (Å²) in [6.45, 7) is 11.5. The van der Waals surface area contributed by atoms with E-state index in [2.05, 4.69) is 10.6 Å². The lowest BCUT2D eigenvalue weighted by Gasteiger charge is -2.40. The molecule has 0 radical (unpaired) electrons. The van der Waals surface area contributed by atoms with Crippen molar-refractivity contribution in [3.63, 3.8) is 0 Å². The molecule has 34 heavy (non-hydrogen) atoms. The van der Waals surface area contributed by atoms with Crippen LogP contribution in [0.2, 0.25) is 0 Å². The minimum Gasteiger partial charge on any atom is -0.486 e. The van der Waals surface area contributed by atoms with Gasteiger partial charge in [-0.3, -0.25) is 4.79 Å². The molecule has 2 amide bonds. The predicted octanol–water partition coefficient (Wildman–Crippen LogP) is 4.29. The van der Waals surface area contributed by atoms with Crippen LogP contribution in [0.25, 0.3) is 0 Å². The molecular weight excluding hydrogens is 434 g/mol. The number of anilines is 1. The number of likely N-dealkylation sites (tertiary alicyclic amines) is 1. The SMILES string of the molecule is Cc1ccc(NC2CN(C(=O)OC(C)(C)C)C2)cc1C(=O)NC(C)c1cccc2c1OCCO2. The molecule has 2 aromatic rings. The van der Waals surface area contributed by atoms with Gasteiger partial charge in [0.25, 0.3) is 5.91 Å². The maximum atomic E-state index is 13.1. The fourth-order valence-electron chi connectivity index (χ4n) is 4.03. The number of hydrogen-bond acceptors (Lipinski definition) is 6. The Morgan fingerprint density at radius 3 is 2.59 bits per heavy atom. The van der Waals surface area contributed by atoms with E-state index in [0.717, 1.165) is 16.8 Å². The van der Waals surface area contributed by atoms with Gasteiger partial charge in [-0.25, -0.2) is 4.79 Å². The van der Waals surface area contributed by atoms with Gasteiger partial charge in [-0.15, -0.1) is 0 Å². The number of para-hydroxylation sites is 1. The molecule has 2 aliphatic heterocycles. The van der Waals surface area contributed by atoms with Crippen LogP contribution in [0.4, 0.5) is 10.5 Å². The molecule has 1 atom stereocenters. The quantitative estimate of drug-likeness (QED) is 0.682. The summed E-state index contributed by atoms with van der Waals surface area (Å²) in [6, 6.07) is 11.3. The molecule has 0 saturated carbocycles. The molecule has 1 unspecified atom stereocenters. The average molecular weight is 468 g/mol. The first-order valence-corrected chi connectivity index (χ1v) is 11.7. The van der Waals surface area contributed by atoms with E-state index in [0.29, 0.717) is 43.4 Å². The van der Waals surface area contributed by atoms with E-state index >= 15 is 0 Å². The summed E-state index contributed by atoms with van der Waals surface area (Å²) in [5, 5.41) is 6.49. The monoisotopic (exact) mass is 467 g/mol. The van der Waals surface area contributed by atoms with Crippen molar-refractivity contribution in [3.05, 3.63) is 53.1 Å². The number of benzene rings is 2. The van der Waals surface area contributed by atoms with Crippen LogP contribution in [0.5, 0.6) is 11.5 Å². The van der Waals surface area contributed by atoms with Gasteiger partial charge in [0.05, 0.1) is 12.1 Å². The molecule has 2 aliphatic rings. The molecule has 1 fully saturated rings. The second-order valence-corrected chi connectivity index (χ2v) is 9.82. The van der Waals surface area contributed by atoms with E-state index in [1.165, 1.54) is 0 Å². The van der Waals surface area contributed by atoms with Crippen molar-refractivity contribution in [3.8, 4) is 11.5 Å². The zero-order valence-corrected chi connectivity index (χ0v) is 20.4. The summed E-state index contributed by atoms with van der Waals surface area (Å²) in [7, 11) is 0. The van der Waals surface area contributed by atoms with E-state index < -0.39 is 5.60 Å². The molecule has 2 N–H and O–H groups in total. The third-order valence-corrected chi connectivity index (χ3v) is 5.80. The number of carbonyl (C=O) groups excluding carboxylic acids is 2. The molecule has 8 heteroatoms. The number of ether oxygens (including phenoxy) is 3. The Hall–Kier alpha value is -3.42. The van der Waals surface area contributed by atoms with Crippen molar-refractivity contribution in [2.24, 2.45) is 0 Å². The van der Waals surface area contributed by atoms with Crippen LogP contribution in [-0.2, 0) is 4.74 Å². The standard InChI is InChI=1S/C26H33N3O5/c1-16-9-10-18(28-19-14-29(15-19)25(31)34-26(3,4)5)13-21(16)24(30)27-17(2)20-7-6-8-22-23(20)33-12-11-32-22/h6-10,13,17,19,28H,11-12,14-15H2,1-5H3,(H,27,30). The van der Waals surface area contributed by atoms with Crippen molar-refractivity contribution >= 4 is 17.7 Å². The van der Waals surface area contributed by atoms with Gasteiger partial charge in [0.15, 0.2) is 11.5 Å². The van der Waals surface area contributed by atoms with Gasteiger partial charge < -0.3 is 29.7 Å². The Labute approximate surface area is 200 Å². The zero-order chi connectivity index (χ0) is 24.5. The molecular formula is C26H33N3O5. The van der Waals surface area contributed by atoms with Crippen molar-refractivity contribution < 1.29 is 23.8 Å². The lowest BCUT2D eigenvalue weighted by molar-refractivity contribution is 0.0105. The first kappa shape index (κ1) is 23.7. The molecule has 0 spiro atoms. The third kappa shape index (κ3) is 5.38. The topological polar surface area (TPSA) is 89.1 Å². The van der Waals surface area contributed by atoms with Gasteiger partial charge in [0.2, 0.25) is 0 Å². The van der Waals surface area contributed by atoms with Crippen LogP contribution in [0.3, 0.4) is 0 Å². The summed E-state index contributed by atoms with van der Waals surface area (Å²) in [5.41, 5.74) is 2.70. The van der Waals surface area contributed by atoms with E-state index in [-0.39, 0.29) is 24.1 Å². The van der Waals surface area contributed by atoms with Gasteiger partial charge in [0.1, 0.15) is 18.8 Å². The third-order valence-electron chi connectivity index (χ3n) is 5.80. The van der Waals surface area contributed by atoms with Crippen LogP contribution in [0.1, 0.15) is 55.2 Å². The van der Waals surface area contributed by atoms with Gasteiger partial charge >= 0.3 is 6.09 Å². The largest absolute Gasteiger partial charge is 0.486 e. The summed E-state index contributed by atoms with van der Waals surface area (Å²) in [6.07, 6.45) is -0.305. The smallest absolute Gasteiger partial charge is 0.410 e. The fourth-order valence-corrected chi connectivity index (χ4v) is 4.03. The molecule has 8 nitrogen and oxygen atoms in total. The van der Waals surface area contributed by atoms with Crippen LogP contribution in [0.15, 0.2) is 36.4 Å². The number of nitrogens with zero attached hydrogens (tertiary/aromatic N) is 1. The van der Waals surface area contributed by atoms with E-state index in [9.17, 15) is 9.59 Å². The number of nitrogens with one attached hydrogen (secondary N) is 2. The number of carbonyl (C=O) groups is 2. The Balaban J connectivity index is 1.38. The van der Waals surface area contributed by atoms with Crippen LogP contribution >= 0.6 is 0 Å². The van der Waals surface area contributed by atoms with Gasteiger partial charge in [-0.05, 0) is 58.4 Å². The minimum atomic E-state index is -0.510. The normalized spacial score (nSPS) is 16.3. The molecule has 4 rings (SSSR count). The number of aryl methyl sites for hydroxylation is 1. The summed E-state index contributed by atoms with van der Waals surface area (Å²) in [5.74, 6) is 1.23. The number of amides is 2. The van der Waals surface area contributed by atoms with Gasteiger partial charge in [0, 0.05) is 29.9 Å². The van der Waals surface area contributed by atoms with E-state index in [1.807, 2.05) is 71.0 Å². The summed E-state index contributed by atoms with van der Waals surface area (Å²) < 4.78 is 16.9. The second-order valence-electron chi connectivity index (χ2n) is 9.82. The molecule has 0 bridgehead atoms. The van der Waals surface area contributed by atoms with Crippen molar-refractivity contribution in [2.45, 2.75) is 52.3 Å². The van der Waals surface area contributed by atoms with Gasteiger partial charge in [-0.2, -0.15) is 0 Å². The Morgan fingerprint density at radius 2 is 1.85 bits per heavy atom. The average Bonchev–Trinajstić information content (AvgIpc) is 2.75. The van der Waals surface area contributed by atoms with Crippen LogP contribution < -0.4 is 20.1 Å². The predicted molar refractivity (Wildman–Crippen MR) is 130 cm³/mol. The highest BCUT2D eigenvalue weighted by atomic mass is 16.6. The second kappa shape index (κ2) is 9.44. The van der Waals surface area contributed by atoms with Crippen LogP contribution in [0, 0.1) is 6.92 Å². The highest BCUT2D eigenvalue weighted by Gasteiger charge is 2.33.